The van der Waals surface area contributed by atoms with E-state index in [0.717, 1.165) is 12.8 Å². The molecule has 1 aromatic carbocycles. The molecular formula is C14H23N3O3S. The van der Waals surface area contributed by atoms with Gasteiger partial charge in [-0.15, -0.1) is 0 Å². The van der Waals surface area contributed by atoms with E-state index in [-0.39, 0.29) is 4.90 Å². The molecule has 0 unspecified atom stereocenters. The number of ether oxygens (including phenoxy) is 1. The molecule has 21 heavy (non-hydrogen) atoms. The number of anilines is 2. The van der Waals surface area contributed by atoms with Crippen LogP contribution in [0.15, 0.2) is 23.1 Å². The predicted molar refractivity (Wildman–Crippen MR) is 83.5 cm³/mol. The molecule has 1 fully saturated rings. The highest BCUT2D eigenvalue weighted by atomic mass is 32.2. The topological polar surface area (TPSA) is 107 Å². The normalized spacial score (nSPS) is 16.8. The van der Waals surface area contributed by atoms with Gasteiger partial charge in [-0.2, -0.15) is 0 Å². The fraction of sp³-hybridized carbons (Fsp3) is 0.571. The Kier molecular flexibility index (Phi) is 5.44. The van der Waals surface area contributed by atoms with Crippen LogP contribution in [-0.2, 0) is 14.8 Å². The molecule has 0 amide bonds. The van der Waals surface area contributed by atoms with Crippen molar-refractivity contribution in [2.24, 2.45) is 5.14 Å². The molecule has 0 heterocycles. The van der Waals surface area contributed by atoms with Gasteiger partial charge in [0.05, 0.1) is 29.0 Å². The Morgan fingerprint density at radius 3 is 2.57 bits per heavy atom. The summed E-state index contributed by atoms with van der Waals surface area (Å²) in [7, 11) is -3.71. The standard InChI is InChI=1S/C14H23N3O3S/c15-13-10-12(21(16,18)19)6-7-14(13)17-8-9-20-11-4-2-1-3-5-11/h6-7,10-11,17H,1-5,8-9,15H2,(H2,16,18,19). The number of hydrogen-bond acceptors (Lipinski definition) is 5. The molecule has 0 atom stereocenters. The van der Waals surface area contributed by atoms with Gasteiger partial charge < -0.3 is 15.8 Å². The number of nitrogens with one attached hydrogen (secondary N) is 1. The number of primary sulfonamides is 1. The maximum Gasteiger partial charge on any atom is 0.238 e. The Morgan fingerprint density at radius 1 is 1.24 bits per heavy atom. The summed E-state index contributed by atoms with van der Waals surface area (Å²) in [6.45, 7) is 1.25. The molecule has 1 aliphatic carbocycles. The predicted octanol–water partition coefficient (Wildman–Crippen LogP) is 1.68. The number of rotatable bonds is 6. The van der Waals surface area contributed by atoms with Crippen molar-refractivity contribution in [2.75, 3.05) is 24.2 Å². The zero-order valence-corrected chi connectivity index (χ0v) is 12.9. The third-order valence-electron chi connectivity index (χ3n) is 3.67. The minimum atomic E-state index is -3.71. The van der Waals surface area contributed by atoms with E-state index in [1.165, 1.54) is 31.4 Å². The van der Waals surface area contributed by atoms with Crippen LogP contribution in [0.4, 0.5) is 11.4 Å². The zero-order chi connectivity index (χ0) is 15.3. The van der Waals surface area contributed by atoms with Crippen LogP contribution in [0.3, 0.4) is 0 Å². The Hall–Kier alpha value is -1.31. The lowest BCUT2D eigenvalue weighted by Gasteiger charge is -2.22. The van der Waals surface area contributed by atoms with Gasteiger partial charge in [-0.3, -0.25) is 0 Å². The van der Waals surface area contributed by atoms with Gasteiger partial charge in [-0.1, -0.05) is 19.3 Å². The third-order valence-corrected chi connectivity index (χ3v) is 4.59. The van der Waals surface area contributed by atoms with Gasteiger partial charge >= 0.3 is 0 Å². The van der Waals surface area contributed by atoms with Crippen molar-refractivity contribution < 1.29 is 13.2 Å². The summed E-state index contributed by atoms with van der Waals surface area (Å²) in [5.74, 6) is 0. The van der Waals surface area contributed by atoms with E-state index in [0.29, 0.717) is 30.6 Å². The van der Waals surface area contributed by atoms with Crippen LogP contribution in [0.1, 0.15) is 32.1 Å². The molecule has 1 aromatic rings. The van der Waals surface area contributed by atoms with Crippen LogP contribution in [-0.4, -0.2) is 27.7 Å². The summed E-state index contributed by atoms with van der Waals surface area (Å²) in [4.78, 5) is 0.0176. The van der Waals surface area contributed by atoms with Gasteiger partial charge in [0.15, 0.2) is 0 Å². The molecule has 0 radical (unpaired) electrons. The summed E-state index contributed by atoms with van der Waals surface area (Å²) in [5.41, 5.74) is 6.87. The first-order valence-corrected chi connectivity index (χ1v) is 8.79. The molecule has 1 saturated carbocycles. The van der Waals surface area contributed by atoms with Crippen LogP contribution >= 0.6 is 0 Å². The first-order chi connectivity index (χ1) is 9.97. The van der Waals surface area contributed by atoms with Gasteiger partial charge in [-0.25, -0.2) is 13.6 Å². The quantitative estimate of drug-likeness (QED) is 0.547. The molecule has 7 heteroatoms. The van der Waals surface area contributed by atoms with E-state index < -0.39 is 10.0 Å². The molecule has 0 bridgehead atoms. The maximum atomic E-state index is 11.2. The Labute approximate surface area is 125 Å². The Balaban J connectivity index is 1.80. The van der Waals surface area contributed by atoms with Crippen molar-refractivity contribution >= 4 is 21.4 Å². The van der Waals surface area contributed by atoms with E-state index >= 15 is 0 Å². The minimum absolute atomic E-state index is 0.0176. The summed E-state index contributed by atoms with van der Waals surface area (Å²) < 4.78 is 28.2. The smallest absolute Gasteiger partial charge is 0.238 e. The molecule has 118 valence electrons. The second-order valence-corrected chi connectivity index (χ2v) is 6.91. The molecule has 0 saturated heterocycles. The van der Waals surface area contributed by atoms with Crippen LogP contribution < -0.4 is 16.2 Å². The summed E-state index contributed by atoms with van der Waals surface area (Å²) in [5, 5.41) is 8.20. The monoisotopic (exact) mass is 313 g/mol. The maximum absolute atomic E-state index is 11.2. The van der Waals surface area contributed by atoms with Crippen molar-refractivity contribution in [3.63, 3.8) is 0 Å². The van der Waals surface area contributed by atoms with Crippen LogP contribution in [0, 0.1) is 0 Å². The average Bonchev–Trinajstić information content (AvgIpc) is 2.45. The Bertz CT molecular complexity index is 569. The van der Waals surface area contributed by atoms with Gasteiger partial charge in [0.2, 0.25) is 10.0 Å². The molecule has 2 rings (SSSR count). The van der Waals surface area contributed by atoms with Gasteiger partial charge in [-0.05, 0) is 31.0 Å². The number of benzene rings is 1. The van der Waals surface area contributed by atoms with Crippen LogP contribution in [0.2, 0.25) is 0 Å². The van der Waals surface area contributed by atoms with E-state index in [9.17, 15) is 8.42 Å². The van der Waals surface area contributed by atoms with Crippen molar-refractivity contribution in [1.29, 1.82) is 0 Å². The lowest BCUT2D eigenvalue weighted by molar-refractivity contribution is 0.0347. The number of hydrogen-bond donors (Lipinski definition) is 3. The Morgan fingerprint density at radius 2 is 1.95 bits per heavy atom. The summed E-state index contributed by atoms with van der Waals surface area (Å²) in [6, 6.07) is 4.42. The minimum Gasteiger partial charge on any atom is -0.397 e. The number of nitrogen functional groups attached to an aromatic ring is 1. The van der Waals surface area contributed by atoms with Crippen molar-refractivity contribution in [3.8, 4) is 0 Å². The van der Waals surface area contributed by atoms with Crippen molar-refractivity contribution in [3.05, 3.63) is 18.2 Å². The molecule has 0 spiro atoms. The van der Waals surface area contributed by atoms with Gasteiger partial charge in [0.25, 0.3) is 0 Å². The van der Waals surface area contributed by atoms with Crippen molar-refractivity contribution in [1.82, 2.24) is 0 Å². The first-order valence-electron chi connectivity index (χ1n) is 7.24. The molecule has 1 aliphatic rings. The highest BCUT2D eigenvalue weighted by Crippen LogP contribution is 2.22. The zero-order valence-electron chi connectivity index (χ0n) is 12.0. The molecule has 0 aliphatic heterocycles. The lowest BCUT2D eigenvalue weighted by atomic mass is 9.98. The SMILES string of the molecule is Nc1cc(S(N)(=O)=O)ccc1NCCOC1CCCCC1. The van der Waals surface area contributed by atoms with Crippen LogP contribution in [0.5, 0.6) is 0 Å². The number of nitrogens with two attached hydrogens (primary N) is 2. The second-order valence-electron chi connectivity index (χ2n) is 5.35. The van der Waals surface area contributed by atoms with E-state index in [2.05, 4.69) is 5.32 Å². The average molecular weight is 313 g/mol. The van der Waals surface area contributed by atoms with Crippen LogP contribution in [0.25, 0.3) is 0 Å². The summed E-state index contributed by atoms with van der Waals surface area (Å²) in [6.07, 6.45) is 6.48. The third kappa shape index (κ3) is 4.87. The molecule has 5 N–H and O–H groups in total. The fourth-order valence-corrected chi connectivity index (χ4v) is 3.07. The molecular weight excluding hydrogens is 290 g/mol. The van der Waals surface area contributed by atoms with Gasteiger partial charge in [0.1, 0.15) is 0 Å². The van der Waals surface area contributed by atoms with E-state index in [1.54, 1.807) is 6.07 Å². The highest BCUT2D eigenvalue weighted by molar-refractivity contribution is 7.89. The van der Waals surface area contributed by atoms with E-state index in [4.69, 9.17) is 15.6 Å². The second kappa shape index (κ2) is 7.11. The lowest BCUT2D eigenvalue weighted by Crippen LogP contribution is -2.20. The van der Waals surface area contributed by atoms with Gasteiger partial charge in [0, 0.05) is 6.54 Å². The van der Waals surface area contributed by atoms with Crippen molar-refractivity contribution in [2.45, 2.75) is 43.1 Å². The van der Waals surface area contributed by atoms with E-state index in [1.807, 2.05) is 0 Å². The fourth-order valence-electron chi connectivity index (χ4n) is 2.52. The molecule has 6 nitrogen and oxygen atoms in total. The highest BCUT2D eigenvalue weighted by Gasteiger charge is 2.13. The molecule has 0 aromatic heterocycles. The largest absolute Gasteiger partial charge is 0.397 e. The summed E-state index contributed by atoms with van der Waals surface area (Å²) >= 11 is 0. The number of sulfonamides is 1. The first kappa shape index (κ1) is 16.1.